The number of anilines is 1. The summed E-state index contributed by atoms with van der Waals surface area (Å²) in [4.78, 5) is 13.3. The van der Waals surface area contributed by atoms with Gasteiger partial charge in [0.15, 0.2) is 0 Å². The third-order valence-corrected chi connectivity index (χ3v) is 4.55. The summed E-state index contributed by atoms with van der Waals surface area (Å²) in [5, 5.41) is 6.97. The number of benzene rings is 1. The highest BCUT2D eigenvalue weighted by Crippen LogP contribution is 2.26. The van der Waals surface area contributed by atoms with Crippen molar-refractivity contribution in [2.45, 2.75) is 37.0 Å². The van der Waals surface area contributed by atoms with Crippen LogP contribution in [0.15, 0.2) is 45.9 Å². The third kappa shape index (κ3) is 4.35. The van der Waals surface area contributed by atoms with Crippen LogP contribution in [0.25, 0.3) is 0 Å². The molecule has 2 aromatic rings. The molecule has 6 heteroatoms. The average Bonchev–Trinajstić information content (AvgIpc) is 2.89. The van der Waals surface area contributed by atoms with E-state index >= 15 is 0 Å². The van der Waals surface area contributed by atoms with Crippen molar-refractivity contribution in [3.8, 4) is 0 Å². The van der Waals surface area contributed by atoms with Crippen LogP contribution in [0.5, 0.6) is 0 Å². The van der Waals surface area contributed by atoms with Gasteiger partial charge < -0.3 is 5.32 Å². The molecule has 0 unspecified atom stereocenters. The van der Waals surface area contributed by atoms with Crippen LogP contribution in [0, 0.1) is 0 Å². The van der Waals surface area contributed by atoms with Gasteiger partial charge in [0.1, 0.15) is 5.82 Å². The quantitative estimate of drug-likeness (QED) is 0.799. The third-order valence-electron chi connectivity index (χ3n) is 2.91. The molecule has 0 bridgehead atoms. The maximum absolute atomic E-state index is 12.3. The fourth-order valence-corrected chi connectivity index (χ4v) is 2.96. The van der Waals surface area contributed by atoms with E-state index in [2.05, 4.69) is 26.3 Å². The molecule has 2 rings (SSSR count). The number of aromatic nitrogens is 2. The molecule has 112 valence electrons. The number of halogens is 1. The lowest BCUT2D eigenvalue weighted by molar-refractivity contribution is -0.115. The molecule has 0 aliphatic rings. The van der Waals surface area contributed by atoms with Gasteiger partial charge in [0.05, 0.1) is 11.4 Å². The van der Waals surface area contributed by atoms with Gasteiger partial charge in [-0.1, -0.05) is 15.9 Å². The Morgan fingerprint density at radius 2 is 1.90 bits per heavy atom. The molecule has 0 saturated heterocycles. The molecule has 1 aromatic heterocycles. The largest absolute Gasteiger partial charge is 0.310 e. The number of amides is 1. The molecule has 0 spiro atoms. The molecule has 1 N–H and O–H groups in total. The molecule has 4 nitrogen and oxygen atoms in total. The zero-order chi connectivity index (χ0) is 15.4. The van der Waals surface area contributed by atoms with E-state index in [9.17, 15) is 4.79 Å². The Labute approximate surface area is 137 Å². The number of hydrogen-bond donors (Lipinski definition) is 1. The first-order valence-corrected chi connectivity index (χ1v) is 8.41. The molecule has 0 saturated carbocycles. The number of nitrogens with one attached hydrogen (secondary N) is 1. The Bertz CT molecular complexity index is 610. The number of carbonyl (C=O) groups is 1. The van der Waals surface area contributed by atoms with Gasteiger partial charge in [0.25, 0.3) is 0 Å². The number of thioether (sulfide) groups is 1. The summed E-state index contributed by atoms with van der Waals surface area (Å²) in [5.74, 6) is 0.712. The van der Waals surface area contributed by atoms with E-state index < -0.39 is 0 Å². The number of rotatable bonds is 5. The molecule has 1 amide bonds. The smallest absolute Gasteiger partial charge is 0.238 e. The first-order valence-electron chi connectivity index (χ1n) is 6.74. The van der Waals surface area contributed by atoms with Crippen LogP contribution < -0.4 is 5.32 Å². The fourth-order valence-electron chi connectivity index (χ4n) is 1.82. The maximum atomic E-state index is 12.3. The number of carbonyl (C=O) groups excluding carboxylic acids is 1. The zero-order valence-electron chi connectivity index (χ0n) is 12.2. The van der Waals surface area contributed by atoms with Crippen molar-refractivity contribution in [2.75, 3.05) is 5.32 Å². The van der Waals surface area contributed by atoms with Gasteiger partial charge in [0.2, 0.25) is 5.91 Å². The molecule has 1 heterocycles. The molecule has 0 aliphatic heterocycles. The summed E-state index contributed by atoms with van der Waals surface area (Å²) in [7, 11) is 0. The van der Waals surface area contributed by atoms with Gasteiger partial charge in [-0.3, -0.25) is 4.79 Å². The Morgan fingerprint density at radius 1 is 1.24 bits per heavy atom. The van der Waals surface area contributed by atoms with E-state index in [0.717, 1.165) is 15.2 Å². The van der Waals surface area contributed by atoms with Gasteiger partial charge in [-0.05, 0) is 45.0 Å². The lowest BCUT2D eigenvalue weighted by Gasteiger charge is -2.15. The van der Waals surface area contributed by atoms with Crippen molar-refractivity contribution in [1.29, 1.82) is 0 Å². The van der Waals surface area contributed by atoms with Crippen LogP contribution in [-0.4, -0.2) is 20.9 Å². The van der Waals surface area contributed by atoms with E-state index in [1.807, 2.05) is 51.1 Å². The van der Waals surface area contributed by atoms with Gasteiger partial charge in [-0.15, -0.1) is 11.8 Å². The topological polar surface area (TPSA) is 46.9 Å². The van der Waals surface area contributed by atoms with Crippen molar-refractivity contribution in [3.05, 3.63) is 41.0 Å². The van der Waals surface area contributed by atoms with Crippen LogP contribution in [0.1, 0.15) is 26.8 Å². The highest BCUT2D eigenvalue weighted by atomic mass is 79.9. The van der Waals surface area contributed by atoms with Crippen molar-refractivity contribution in [2.24, 2.45) is 0 Å². The molecule has 1 aromatic carbocycles. The van der Waals surface area contributed by atoms with Crippen molar-refractivity contribution < 1.29 is 4.79 Å². The standard InChI is InChI=1S/C15H18BrN3OS/c1-10(2)19-14(8-9-17-19)18-15(20)11(3)21-13-6-4-12(16)5-7-13/h4-11H,1-3H3,(H,18,20)/t11-/m0/s1. The normalized spacial score (nSPS) is 12.4. The fraction of sp³-hybridized carbons (Fsp3) is 0.333. The van der Waals surface area contributed by atoms with Gasteiger partial charge in [-0.25, -0.2) is 4.68 Å². The Hall–Kier alpha value is -1.27. The molecule has 1 atom stereocenters. The molecule has 0 aliphatic carbocycles. The lowest BCUT2D eigenvalue weighted by atomic mass is 10.4. The molecule has 0 radical (unpaired) electrons. The second-order valence-electron chi connectivity index (χ2n) is 4.96. The van der Waals surface area contributed by atoms with E-state index in [-0.39, 0.29) is 17.2 Å². The SMILES string of the molecule is CC(C)n1nccc1NC(=O)[C@H](C)Sc1ccc(Br)cc1. The Kier molecular flexibility index (Phi) is 5.47. The summed E-state index contributed by atoms with van der Waals surface area (Å²) >= 11 is 4.94. The monoisotopic (exact) mass is 367 g/mol. The van der Waals surface area contributed by atoms with Crippen LogP contribution in [0.4, 0.5) is 5.82 Å². The minimum atomic E-state index is -0.179. The van der Waals surface area contributed by atoms with E-state index in [0.29, 0.717) is 0 Å². The summed E-state index contributed by atoms with van der Waals surface area (Å²) in [6.45, 7) is 5.96. The van der Waals surface area contributed by atoms with Crippen molar-refractivity contribution in [3.63, 3.8) is 0 Å². The van der Waals surface area contributed by atoms with E-state index in [4.69, 9.17) is 0 Å². The predicted octanol–water partition coefficient (Wildman–Crippen LogP) is 4.35. The average molecular weight is 368 g/mol. The summed E-state index contributed by atoms with van der Waals surface area (Å²) in [6.07, 6.45) is 1.70. The first-order chi connectivity index (χ1) is 9.97. The molecule has 21 heavy (non-hydrogen) atoms. The minimum Gasteiger partial charge on any atom is -0.310 e. The van der Waals surface area contributed by atoms with Crippen molar-refractivity contribution >= 4 is 39.4 Å². The molecular formula is C15H18BrN3OS. The molecular weight excluding hydrogens is 350 g/mol. The Morgan fingerprint density at radius 3 is 2.52 bits per heavy atom. The van der Waals surface area contributed by atoms with Crippen LogP contribution >= 0.6 is 27.7 Å². The molecule has 0 fully saturated rings. The predicted molar refractivity (Wildman–Crippen MR) is 90.7 cm³/mol. The van der Waals surface area contributed by atoms with Gasteiger partial charge in [-0.2, -0.15) is 5.10 Å². The lowest BCUT2D eigenvalue weighted by Crippen LogP contribution is -2.24. The van der Waals surface area contributed by atoms with Crippen molar-refractivity contribution in [1.82, 2.24) is 9.78 Å². The number of hydrogen-bond acceptors (Lipinski definition) is 3. The van der Waals surface area contributed by atoms with Crippen LogP contribution in [0.2, 0.25) is 0 Å². The van der Waals surface area contributed by atoms with Crippen LogP contribution in [0.3, 0.4) is 0 Å². The van der Waals surface area contributed by atoms with Crippen LogP contribution in [-0.2, 0) is 4.79 Å². The van der Waals surface area contributed by atoms with E-state index in [1.165, 1.54) is 11.8 Å². The zero-order valence-corrected chi connectivity index (χ0v) is 14.6. The Balaban J connectivity index is 1.99. The van der Waals surface area contributed by atoms with E-state index in [1.54, 1.807) is 10.9 Å². The summed E-state index contributed by atoms with van der Waals surface area (Å²) in [6, 6.07) is 9.97. The first kappa shape index (κ1) is 16.1. The number of nitrogens with zero attached hydrogens (tertiary/aromatic N) is 2. The second kappa shape index (κ2) is 7.13. The summed E-state index contributed by atoms with van der Waals surface area (Å²) < 4.78 is 2.83. The summed E-state index contributed by atoms with van der Waals surface area (Å²) in [5.41, 5.74) is 0. The minimum absolute atomic E-state index is 0.0229. The maximum Gasteiger partial charge on any atom is 0.238 e. The second-order valence-corrected chi connectivity index (χ2v) is 7.29. The van der Waals surface area contributed by atoms with Gasteiger partial charge >= 0.3 is 0 Å². The highest BCUT2D eigenvalue weighted by Gasteiger charge is 2.17. The highest BCUT2D eigenvalue weighted by molar-refractivity contribution is 9.10. The van der Waals surface area contributed by atoms with Gasteiger partial charge in [0, 0.05) is 21.5 Å².